The molecule has 172 valence electrons. The summed E-state index contributed by atoms with van der Waals surface area (Å²) in [5.74, 6) is 0.343. The molecule has 1 fully saturated rings. The summed E-state index contributed by atoms with van der Waals surface area (Å²) in [6, 6.07) is 16.4. The predicted octanol–water partition coefficient (Wildman–Crippen LogP) is 3.98. The molecule has 0 aliphatic carbocycles. The van der Waals surface area contributed by atoms with Gasteiger partial charge in [0.15, 0.2) is 0 Å². The van der Waals surface area contributed by atoms with Crippen molar-refractivity contribution in [2.24, 2.45) is 0 Å². The number of nitrogens with zero attached hydrogens (tertiary/aromatic N) is 2. The first-order valence-corrected chi connectivity index (χ1v) is 11.0. The second kappa shape index (κ2) is 10.4. The van der Waals surface area contributed by atoms with Gasteiger partial charge in [0.25, 0.3) is 0 Å². The average molecular weight is 450 g/mol. The molecular weight excluding hydrogens is 421 g/mol. The molecule has 6 nitrogen and oxygen atoms in total. The first kappa shape index (κ1) is 22.7. The van der Waals surface area contributed by atoms with Crippen molar-refractivity contribution >= 4 is 11.6 Å². The van der Waals surface area contributed by atoms with Gasteiger partial charge >= 0.3 is 0 Å². The fraction of sp³-hybridized carbons (Fsp3) is 0.308. The van der Waals surface area contributed by atoms with Crippen LogP contribution in [0.15, 0.2) is 60.8 Å². The fourth-order valence-corrected chi connectivity index (χ4v) is 3.93. The smallest absolute Gasteiger partial charge is 0.226 e. The first-order chi connectivity index (χ1) is 16.0. The van der Waals surface area contributed by atoms with Crippen LogP contribution < -0.4 is 15.0 Å². The van der Waals surface area contributed by atoms with Gasteiger partial charge in [0.2, 0.25) is 5.91 Å². The lowest BCUT2D eigenvalue weighted by Gasteiger charge is -2.35. The van der Waals surface area contributed by atoms with E-state index in [0.29, 0.717) is 24.9 Å². The molecule has 1 N–H and O–H groups in total. The number of hydrogen-bond acceptors (Lipinski definition) is 5. The van der Waals surface area contributed by atoms with E-state index >= 15 is 0 Å². The molecule has 33 heavy (non-hydrogen) atoms. The van der Waals surface area contributed by atoms with Crippen LogP contribution in [0.3, 0.4) is 0 Å². The molecule has 1 aliphatic rings. The number of nitrogens with one attached hydrogen (secondary N) is 1. The Kier molecular flexibility index (Phi) is 7.19. The van der Waals surface area contributed by atoms with Crippen molar-refractivity contribution < 1.29 is 18.7 Å². The molecule has 0 bridgehead atoms. The molecule has 0 radical (unpaired) electrons. The van der Waals surface area contributed by atoms with E-state index < -0.39 is 0 Å². The highest BCUT2D eigenvalue weighted by atomic mass is 19.1. The Balaban J connectivity index is 1.40. The number of hydrogen-bond donors (Lipinski definition) is 1. The molecular formula is C26H28FN3O3. The number of ether oxygens (including phenoxy) is 2. The van der Waals surface area contributed by atoms with E-state index in [0.717, 1.165) is 41.3 Å². The van der Waals surface area contributed by atoms with E-state index in [1.54, 1.807) is 25.4 Å². The number of methoxy groups -OCH3 is 1. The Labute approximate surface area is 193 Å². The van der Waals surface area contributed by atoms with Crippen molar-refractivity contribution in [3.8, 4) is 16.9 Å². The number of amides is 1. The third-order valence-corrected chi connectivity index (χ3v) is 5.76. The Bertz CT molecular complexity index is 1090. The lowest BCUT2D eigenvalue weighted by molar-refractivity contribution is -0.120. The lowest BCUT2D eigenvalue weighted by atomic mass is 10.0. The van der Waals surface area contributed by atoms with Gasteiger partial charge in [0, 0.05) is 53.9 Å². The lowest BCUT2D eigenvalue weighted by Crippen LogP contribution is -2.43. The van der Waals surface area contributed by atoms with Gasteiger partial charge in [-0.15, -0.1) is 0 Å². The van der Waals surface area contributed by atoms with E-state index in [1.165, 1.54) is 12.1 Å². The molecule has 7 heteroatoms. The minimum absolute atomic E-state index is 0.138. The summed E-state index contributed by atoms with van der Waals surface area (Å²) in [7, 11) is 1.67. The topological polar surface area (TPSA) is 63.7 Å². The SMILES string of the molecule is COc1cc(N2CCOC[C@@H]2C)ccc1-c1ccc(CC(=O)NCc2ccc(F)cc2)nc1. The van der Waals surface area contributed by atoms with Crippen LogP contribution in [-0.2, 0) is 22.5 Å². The highest BCUT2D eigenvalue weighted by Crippen LogP contribution is 2.34. The molecule has 2 aromatic carbocycles. The Morgan fingerprint density at radius 3 is 2.73 bits per heavy atom. The van der Waals surface area contributed by atoms with E-state index in [-0.39, 0.29) is 18.1 Å². The van der Waals surface area contributed by atoms with Gasteiger partial charge in [0.1, 0.15) is 11.6 Å². The molecule has 4 rings (SSSR count). The molecule has 1 amide bonds. The van der Waals surface area contributed by atoms with Gasteiger partial charge < -0.3 is 19.7 Å². The Hall–Kier alpha value is -3.45. The quantitative estimate of drug-likeness (QED) is 0.591. The molecule has 3 aromatic rings. The zero-order valence-corrected chi connectivity index (χ0v) is 18.9. The van der Waals surface area contributed by atoms with Crippen molar-refractivity contribution in [1.82, 2.24) is 10.3 Å². The number of morpholine rings is 1. The minimum Gasteiger partial charge on any atom is -0.496 e. The second-order valence-corrected chi connectivity index (χ2v) is 8.12. The van der Waals surface area contributed by atoms with E-state index in [9.17, 15) is 9.18 Å². The summed E-state index contributed by atoms with van der Waals surface area (Å²) in [6.07, 6.45) is 1.93. The van der Waals surface area contributed by atoms with E-state index in [2.05, 4.69) is 28.2 Å². The molecule has 1 saturated heterocycles. The van der Waals surface area contributed by atoms with Crippen molar-refractivity contribution in [2.45, 2.75) is 25.9 Å². The standard InChI is InChI=1S/C26H28FN3O3/c1-18-17-33-12-11-30(18)23-9-10-24(25(14-23)32-2)20-5-8-22(28-16-20)13-26(31)29-15-19-3-6-21(27)7-4-19/h3-10,14,16,18H,11-13,15,17H2,1-2H3,(H,29,31)/t18-/m0/s1. The van der Waals surface area contributed by atoms with Gasteiger partial charge in [-0.05, 0) is 42.8 Å². The number of halogens is 1. The highest BCUT2D eigenvalue weighted by Gasteiger charge is 2.20. The van der Waals surface area contributed by atoms with Crippen LogP contribution in [0.5, 0.6) is 5.75 Å². The van der Waals surface area contributed by atoms with Crippen LogP contribution in [0.1, 0.15) is 18.2 Å². The number of rotatable bonds is 7. The average Bonchev–Trinajstić information content (AvgIpc) is 2.84. The van der Waals surface area contributed by atoms with E-state index in [1.807, 2.05) is 24.3 Å². The van der Waals surface area contributed by atoms with Gasteiger partial charge in [-0.1, -0.05) is 18.2 Å². The number of carbonyl (C=O) groups excluding carboxylic acids is 1. The maximum Gasteiger partial charge on any atom is 0.226 e. The molecule has 0 spiro atoms. The number of aromatic nitrogens is 1. The summed E-state index contributed by atoms with van der Waals surface area (Å²) in [4.78, 5) is 19.1. The summed E-state index contributed by atoms with van der Waals surface area (Å²) in [6.45, 7) is 4.79. The summed E-state index contributed by atoms with van der Waals surface area (Å²) in [5.41, 5.74) is 4.49. The van der Waals surface area contributed by atoms with Crippen LogP contribution in [0.2, 0.25) is 0 Å². The van der Waals surface area contributed by atoms with Gasteiger partial charge in [0.05, 0.1) is 26.7 Å². The summed E-state index contributed by atoms with van der Waals surface area (Å²) < 4.78 is 24.2. The maximum atomic E-state index is 13.0. The number of anilines is 1. The third-order valence-electron chi connectivity index (χ3n) is 5.76. The van der Waals surface area contributed by atoms with Gasteiger partial charge in [-0.25, -0.2) is 4.39 Å². The van der Waals surface area contributed by atoms with Crippen molar-refractivity contribution in [3.63, 3.8) is 0 Å². The largest absolute Gasteiger partial charge is 0.496 e. The van der Waals surface area contributed by atoms with Crippen LogP contribution in [0.25, 0.3) is 11.1 Å². The second-order valence-electron chi connectivity index (χ2n) is 8.12. The predicted molar refractivity (Wildman–Crippen MR) is 126 cm³/mol. The van der Waals surface area contributed by atoms with Crippen molar-refractivity contribution in [2.75, 3.05) is 31.8 Å². The summed E-state index contributed by atoms with van der Waals surface area (Å²) in [5, 5.41) is 2.84. The number of benzene rings is 2. The molecule has 1 atom stereocenters. The minimum atomic E-state index is -0.295. The summed E-state index contributed by atoms with van der Waals surface area (Å²) >= 11 is 0. The van der Waals surface area contributed by atoms with Crippen molar-refractivity contribution in [3.05, 3.63) is 77.9 Å². The Morgan fingerprint density at radius 2 is 2.03 bits per heavy atom. The van der Waals surface area contributed by atoms with Gasteiger partial charge in [-0.2, -0.15) is 0 Å². The van der Waals surface area contributed by atoms with Crippen LogP contribution in [0.4, 0.5) is 10.1 Å². The molecule has 0 saturated carbocycles. The van der Waals surface area contributed by atoms with Crippen LogP contribution >= 0.6 is 0 Å². The van der Waals surface area contributed by atoms with Crippen LogP contribution in [-0.4, -0.2) is 43.8 Å². The highest BCUT2D eigenvalue weighted by molar-refractivity contribution is 5.78. The fourth-order valence-electron chi connectivity index (χ4n) is 3.93. The normalized spacial score (nSPS) is 15.8. The molecule has 1 aliphatic heterocycles. The van der Waals surface area contributed by atoms with E-state index in [4.69, 9.17) is 9.47 Å². The third kappa shape index (κ3) is 5.68. The maximum absolute atomic E-state index is 13.0. The van der Waals surface area contributed by atoms with Crippen molar-refractivity contribution in [1.29, 1.82) is 0 Å². The zero-order chi connectivity index (χ0) is 23.2. The van der Waals surface area contributed by atoms with Crippen LogP contribution in [0, 0.1) is 5.82 Å². The molecule has 0 unspecified atom stereocenters. The molecule has 1 aromatic heterocycles. The number of carbonyl (C=O) groups is 1. The zero-order valence-electron chi connectivity index (χ0n) is 18.9. The monoisotopic (exact) mass is 449 g/mol. The Morgan fingerprint density at radius 1 is 1.21 bits per heavy atom. The number of pyridine rings is 1. The first-order valence-electron chi connectivity index (χ1n) is 11.0. The van der Waals surface area contributed by atoms with Gasteiger partial charge in [-0.3, -0.25) is 9.78 Å². The molecule has 2 heterocycles.